The summed E-state index contributed by atoms with van der Waals surface area (Å²) in [4.78, 5) is 51.1. The van der Waals surface area contributed by atoms with Gasteiger partial charge in [-0.1, -0.05) is 0 Å². The smallest absolute Gasteiger partial charge is 0.338 e. The maximum Gasteiger partial charge on any atom is 0.338 e. The number of ketones is 2. The Hall–Kier alpha value is -4.08. The van der Waals surface area contributed by atoms with Crippen molar-refractivity contribution < 1.29 is 67.7 Å². The Morgan fingerprint density at radius 1 is 0.891 bits per heavy atom. The first-order valence-electron chi connectivity index (χ1n) is 14.7. The van der Waals surface area contributed by atoms with Gasteiger partial charge >= 0.3 is 11.9 Å². The SMILES string of the molecule is COC(=O)c1cc(O)c2c(c1)C(=O)c1cc(OC3CC(OC4CC(O)C(OC)C(C)O4)C(OC(C)=O)C(C)O3)c(C)c(O)c1C2=O. The summed E-state index contributed by atoms with van der Waals surface area (Å²) in [6, 6.07) is 3.44. The highest BCUT2D eigenvalue weighted by atomic mass is 16.7. The second kappa shape index (κ2) is 13.0. The molecule has 0 spiro atoms. The Morgan fingerprint density at radius 2 is 1.54 bits per heavy atom. The molecular formula is C32H36O14. The van der Waals surface area contributed by atoms with Gasteiger partial charge in [-0.2, -0.15) is 0 Å². The standard InChI is InChI=1S/C32H36O14/c1-12-21(9-18-26(27(12)36)29(38)25-17(28(18)37)7-16(8-19(25)34)32(39)41-6)45-24-11-22(31(14(3)43-24)44-15(4)33)46-23-10-20(35)30(40-5)13(2)42-23/h7-9,13-14,20,22-24,30-31,34-36H,10-11H2,1-6H3. The average molecular weight is 645 g/mol. The van der Waals surface area contributed by atoms with Crippen LogP contribution in [0, 0.1) is 6.92 Å². The lowest BCUT2D eigenvalue weighted by Crippen LogP contribution is -2.55. The molecule has 8 unspecified atom stereocenters. The van der Waals surface area contributed by atoms with E-state index in [4.69, 9.17) is 28.4 Å². The quantitative estimate of drug-likeness (QED) is 0.317. The number of phenols is 2. The summed E-state index contributed by atoms with van der Waals surface area (Å²) in [5, 5.41) is 32.2. The molecule has 14 nitrogen and oxygen atoms in total. The fourth-order valence-electron chi connectivity index (χ4n) is 6.19. The molecule has 2 saturated heterocycles. The van der Waals surface area contributed by atoms with Crippen molar-refractivity contribution in [2.75, 3.05) is 14.2 Å². The molecule has 14 heteroatoms. The van der Waals surface area contributed by atoms with E-state index in [2.05, 4.69) is 4.74 Å². The van der Waals surface area contributed by atoms with Gasteiger partial charge in [0, 0.05) is 43.6 Å². The van der Waals surface area contributed by atoms with E-state index in [1.165, 1.54) is 27.0 Å². The second-order valence-electron chi connectivity index (χ2n) is 11.5. The zero-order valence-corrected chi connectivity index (χ0v) is 26.1. The number of carbonyl (C=O) groups is 4. The van der Waals surface area contributed by atoms with Crippen LogP contribution in [0.5, 0.6) is 17.2 Å². The van der Waals surface area contributed by atoms with E-state index in [1.807, 2.05) is 0 Å². The van der Waals surface area contributed by atoms with Gasteiger partial charge in [0.15, 0.2) is 18.2 Å². The number of fused-ring (bicyclic) bond motifs is 2. The highest BCUT2D eigenvalue weighted by molar-refractivity contribution is 6.30. The largest absolute Gasteiger partial charge is 0.507 e. The zero-order valence-electron chi connectivity index (χ0n) is 26.1. The molecule has 46 heavy (non-hydrogen) atoms. The summed E-state index contributed by atoms with van der Waals surface area (Å²) in [5.41, 5.74) is -1.16. The van der Waals surface area contributed by atoms with Crippen molar-refractivity contribution >= 4 is 23.5 Å². The van der Waals surface area contributed by atoms with Crippen molar-refractivity contribution in [1.29, 1.82) is 0 Å². The third-order valence-corrected chi connectivity index (χ3v) is 8.41. The van der Waals surface area contributed by atoms with Crippen molar-refractivity contribution in [3.05, 3.63) is 51.6 Å². The third kappa shape index (κ3) is 6.06. The summed E-state index contributed by atoms with van der Waals surface area (Å²) < 4.78 is 39.7. The van der Waals surface area contributed by atoms with E-state index in [0.717, 1.165) is 19.2 Å². The molecule has 2 heterocycles. The topological polar surface area (TPSA) is 194 Å². The van der Waals surface area contributed by atoms with Crippen LogP contribution in [0.3, 0.4) is 0 Å². The summed E-state index contributed by atoms with van der Waals surface area (Å²) in [6.07, 6.45) is -6.15. The fourth-order valence-corrected chi connectivity index (χ4v) is 6.19. The zero-order chi connectivity index (χ0) is 33.6. The number of aliphatic hydroxyl groups excluding tert-OH is 1. The molecule has 2 fully saturated rings. The molecule has 0 bridgehead atoms. The number of carbonyl (C=O) groups excluding carboxylic acids is 4. The number of benzene rings is 2. The van der Waals surface area contributed by atoms with E-state index in [-0.39, 0.29) is 52.0 Å². The fraction of sp³-hybridized carbons (Fsp3) is 0.500. The van der Waals surface area contributed by atoms with Crippen LogP contribution in [0.1, 0.15) is 81.4 Å². The van der Waals surface area contributed by atoms with Gasteiger partial charge in [0.1, 0.15) is 29.5 Å². The predicted octanol–water partition coefficient (Wildman–Crippen LogP) is 2.31. The monoisotopic (exact) mass is 644 g/mol. The van der Waals surface area contributed by atoms with Crippen LogP contribution in [0.4, 0.5) is 0 Å². The highest BCUT2D eigenvalue weighted by Crippen LogP contribution is 2.43. The Bertz CT molecular complexity index is 1550. The lowest BCUT2D eigenvalue weighted by Gasteiger charge is -2.43. The maximum atomic E-state index is 13.6. The van der Waals surface area contributed by atoms with Crippen LogP contribution in [-0.4, -0.2) is 102 Å². The summed E-state index contributed by atoms with van der Waals surface area (Å²) >= 11 is 0. The number of rotatable bonds is 7. The van der Waals surface area contributed by atoms with Gasteiger partial charge in [0.2, 0.25) is 12.1 Å². The number of aromatic hydroxyl groups is 2. The first kappa shape index (κ1) is 33.3. The Labute approximate surface area is 264 Å². The summed E-state index contributed by atoms with van der Waals surface area (Å²) in [6.45, 7) is 6.12. The summed E-state index contributed by atoms with van der Waals surface area (Å²) in [7, 11) is 2.60. The lowest BCUT2D eigenvalue weighted by molar-refractivity contribution is -0.301. The molecule has 1 aliphatic carbocycles. The molecule has 8 atom stereocenters. The van der Waals surface area contributed by atoms with Gasteiger partial charge in [-0.25, -0.2) is 4.79 Å². The highest BCUT2D eigenvalue weighted by Gasteiger charge is 2.45. The van der Waals surface area contributed by atoms with Gasteiger partial charge in [-0.05, 0) is 39.0 Å². The molecule has 3 aliphatic rings. The molecule has 2 aromatic carbocycles. The third-order valence-electron chi connectivity index (χ3n) is 8.41. The van der Waals surface area contributed by atoms with Gasteiger partial charge in [-0.15, -0.1) is 0 Å². The van der Waals surface area contributed by atoms with E-state index in [9.17, 15) is 34.5 Å². The first-order chi connectivity index (χ1) is 21.7. The Balaban J connectivity index is 1.43. The predicted molar refractivity (Wildman–Crippen MR) is 155 cm³/mol. The average Bonchev–Trinajstić information content (AvgIpc) is 2.98. The number of methoxy groups -OCH3 is 2. The Morgan fingerprint density at radius 3 is 2.17 bits per heavy atom. The number of hydrogen-bond donors (Lipinski definition) is 3. The number of phenolic OH excluding ortho intramolecular Hbond substituents is 2. The van der Waals surface area contributed by atoms with Crippen molar-refractivity contribution in [3.8, 4) is 17.2 Å². The first-order valence-corrected chi connectivity index (χ1v) is 14.7. The van der Waals surface area contributed by atoms with Crippen molar-refractivity contribution in [2.45, 2.75) is 89.7 Å². The van der Waals surface area contributed by atoms with E-state index in [0.29, 0.717) is 0 Å². The number of ether oxygens (including phenoxy) is 7. The molecule has 0 radical (unpaired) electrons. The molecule has 2 aliphatic heterocycles. The molecule has 0 aromatic heterocycles. The molecule has 0 amide bonds. The van der Waals surface area contributed by atoms with Gasteiger partial charge in [0.25, 0.3) is 0 Å². The summed E-state index contributed by atoms with van der Waals surface area (Å²) in [5.74, 6) is -4.08. The molecule has 3 N–H and O–H groups in total. The molecule has 5 rings (SSSR count). The van der Waals surface area contributed by atoms with E-state index < -0.39 is 84.2 Å². The molecular weight excluding hydrogens is 608 g/mol. The number of esters is 2. The lowest BCUT2D eigenvalue weighted by atomic mass is 9.81. The van der Waals surface area contributed by atoms with Gasteiger partial charge in [-0.3, -0.25) is 14.4 Å². The minimum absolute atomic E-state index is 0.00366. The van der Waals surface area contributed by atoms with Crippen LogP contribution in [0.15, 0.2) is 18.2 Å². The van der Waals surface area contributed by atoms with E-state index >= 15 is 0 Å². The van der Waals surface area contributed by atoms with Crippen LogP contribution in [-0.2, 0) is 33.2 Å². The molecule has 2 aromatic rings. The minimum Gasteiger partial charge on any atom is -0.507 e. The van der Waals surface area contributed by atoms with Gasteiger partial charge in [0.05, 0.1) is 42.1 Å². The Kier molecular flexibility index (Phi) is 9.38. The number of aliphatic hydroxyl groups is 1. The minimum atomic E-state index is -1.04. The van der Waals surface area contributed by atoms with Crippen LogP contribution < -0.4 is 4.74 Å². The van der Waals surface area contributed by atoms with Crippen LogP contribution in [0.25, 0.3) is 0 Å². The number of hydrogen-bond acceptors (Lipinski definition) is 14. The van der Waals surface area contributed by atoms with Gasteiger partial charge < -0.3 is 48.5 Å². The molecule has 248 valence electrons. The van der Waals surface area contributed by atoms with Crippen LogP contribution in [0.2, 0.25) is 0 Å². The second-order valence-corrected chi connectivity index (χ2v) is 11.5. The normalized spacial score (nSPS) is 29.0. The molecule has 0 saturated carbocycles. The van der Waals surface area contributed by atoms with Crippen molar-refractivity contribution in [2.24, 2.45) is 0 Å². The van der Waals surface area contributed by atoms with Crippen LogP contribution >= 0.6 is 0 Å². The van der Waals surface area contributed by atoms with Crippen molar-refractivity contribution in [1.82, 2.24) is 0 Å². The van der Waals surface area contributed by atoms with E-state index in [1.54, 1.807) is 13.8 Å². The van der Waals surface area contributed by atoms with Crippen molar-refractivity contribution in [3.63, 3.8) is 0 Å². The maximum absolute atomic E-state index is 13.6.